The van der Waals surface area contributed by atoms with Crippen LogP contribution in [0.3, 0.4) is 0 Å². The maximum Gasteiger partial charge on any atom is 0.410 e. The van der Waals surface area contributed by atoms with Gasteiger partial charge in [-0.15, -0.1) is 0 Å². The first-order valence-electron chi connectivity index (χ1n) is 9.16. The molecule has 0 bridgehead atoms. The van der Waals surface area contributed by atoms with Crippen molar-refractivity contribution < 1.29 is 19.0 Å². The van der Waals surface area contributed by atoms with Gasteiger partial charge in [0.15, 0.2) is 0 Å². The van der Waals surface area contributed by atoms with Crippen molar-refractivity contribution in [2.75, 3.05) is 46.0 Å². The zero-order valence-electron chi connectivity index (χ0n) is 16.2. The molecule has 2 saturated heterocycles. The monoisotopic (exact) mass is 355 g/mol. The summed E-state index contributed by atoms with van der Waals surface area (Å²) in [5.74, 6) is 0. The number of nitrogens with zero attached hydrogens (tertiary/aromatic N) is 2. The number of amides is 1. The van der Waals surface area contributed by atoms with Crippen molar-refractivity contribution in [2.45, 2.75) is 52.3 Å². The van der Waals surface area contributed by atoms with Crippen LogP contribution in [-0.2, 0) is 14.2 Å². The number of carbonyl (C=O) groups is 1. The molecule has 0 aliphatic carbocycles. The van der Waals surface area contributed by atoms with Gasteiger partial charge in [0.25, 0.3) is 0 Å². The third kappa shape index (κ3) is 6.08. The molecule has 2 aliphatic heterocycles. The van der Waals surface area contributed by atoms with E-state index in [2.05, 4.69) is 10.2 Å². The molecule has 2 atom stereocenters. The molecule has 2 heterocycles. The second-order valence-corrected chi connectivity index (χ2v) is 7.65. The summed E-state index contributed by atoms with van der Waals surface area (Å²) in [7, 11) is 0. The zero-order valence-corrected chi connectivity index (χ0v) is 16.2. The van der Waals surface area contributed by atoms with Crippen LogP contribution in [0.1, 0.15) is 34.6 Å². The third-order valence-electron chi connectivity index (χ3n) is 4.27. The average molecular weight is 355 g/mol. The number of ether oxygens (including phenoxy) is 3. The standard InChI is InChI=1S/C18H33N3O4/c1-6-23-12-16-13-24-8-7-20(16)10-15-11-21(14(2)9-19-15)17(22)25-18(3,4)5/h12,14-15,19H,6-11,13H2,1-5H3/b16-12+/t14-,15+/m1/s1. The van der Waals surface area contributed by atoms with Crippen LogP contribution in [0, 0.1) is 0 Å². The van der Waals surface area contributed by atoms with Crippen molar-refractivity contribution in [3.8, 4) is 0 Å². The van der Waals surface area contributed by atoms with Crippen LogP contribution in [0.4, 0.5) is 4.79 Å². The minimum atomic E-state index is -0.477. The maximum absolute atomic E-state index is 12.5. The van der Waals surface area contributed by atoms with Crippen LogP contribution in [0.2, 0.25) is 0 Å². The summed E-state index contributed by atoms with van der Waals surface area (Å²) in [5.41, 5.74) is 0.576. The van der Waals surface area contributed by atoms with E-state index >= 15 is 0 Å². The number of morpholine rings is 1. The van der Waals surface area contributed by atoms with Gasteiger partial charge in [-0.1, -0.05) is 0 Å². The highest BCUT2D eigenvalue weighted by molar-refractivity contribution is 5.68. The quantitative estimate of drug-likeness (QED) is 0.776. The molecule has 0 saturated carbocycles. The number of nitrogens with one attached hydrogen (secondary N) is 1. The third-order valence-corrected chi connectivity index (χ3v) is 4.27. The molecule has 0 unspecified atom stereocenters. The van der Waals surface area contributed by atoms with E-state index in [0.29, 0.717) is 26.4 Å². The van der Waals surface area contributed by atoms with E-state index in [1.54, 1.807) is 6.26 Å². The molecular formula is C18H33N3O4. The molecule has 7 nitrogen and oxygen atoms in total. The predicted octanol–water partition coefficient (Wildman–Crippen LogP) is 1.79. The lowest BCUT2D eigenvalue weighted by atomic mass is 10.1. The minimum Gasteiger partial charge on any atom is -0.500 e. The fraction of sp³-hybridized carbons (Fsp3) is 0.833. The van der Waals surface area contributed by atoms with Gasteiger partial charge >= 0.3 is 6.09 Å². The molecule has 25 heavy (non-hydrogen) atoms. The van der Waals surface area contributed by atoms with E-state index in [1.807, 2.05) is 39.5 Å². The Kier molecular flexibility index (Phi) is 6.95. The van der Waals surface area contributed by atoms with Crippen molar-refractivity contribution in [3.63, 3.8) is 0 Å². The van der Waals surface area contributed by atoms with Crippen molar-refractivity contribution in [3.05, 3.63) is 12.0 Å². The summed E-state index contributed by atoms with van der Waals surface area (Å²) in [6.07, 6.45) is 1.55. The fourth-order valence-corrected chi connectivity index (χ4v) is 2.98. The van der Waals surface area contributed by atoms with Crippen LogP contribution in [0.15, 0.2) is 12.0 Å². The molecule has 2 rings (SSSR count). The summed E-state index contributed by atoms with van der Waals surface area (Å²) in [6, 6.07) is 0.307. The SMILES string of the molecule is CCO/C=C1\COCCN1C[C@H]1CN(C(=O)OC(C)(C)C)[C@H](C)CN1. The fourth-order valence-electron chi connectivity index (χ4n) is 2.98. The molecule has 0 aromatic rings. The Labute approximate surface area is 151 Å². The molecule has 0 aromatic heterocycles. The Morgan fingerprint density at radius 1 is 1.44 bits per heavy atom. The van der Waals surface area contributed by atoms with Crippen LogP contribution < -0.4 is 5.32 Å². The van der Waals surface area contributed by atoms with Gasteiger partial charge in [0.1, 0.15) is 11.9 Å². The van der Waals surface area contributed by atoms with E-state index < -0.39 is 5.60 Å². The Morgan fingerprint density at radius 2 is 2.20 bits per heavy atom. The van der Waals surface area contributed by atoms with Crippen molar-refractivity contribution >= 4 is 6.09 Å². The summed E-state index contributed by atoms with van der Waals surface area (Å²) >= 11 is 0. The first kappa shape index (κ1) is 19.8. The Balaban J connectivity index is 1.96. The van der Waals surface area contributed by atoms with Gasteiger partial charge in [0.2, 0.25) is 0 Å². The molecule has 0 spiro atoms. The van der Waals surface area contributed by atoms with Gasteiger partial charge in [-0.25, -0.2) is 4.79 Å². The van der Waals surface area contributed by atoms with E-state index in [0.717, 1.165) is 25.3 Å². The minimum absolute atomic E-state index is 0.120. The number of hydrogen-bond acceptors (Lipinski definition) is 6. The van der Waals surface area contributed by atoms with E-state index in [1.165, 1.54) is 0 Å². The van der Waals surface area contributed by atoms with Crippen molar-refractivity contribution in [1.82, 2.24) is 15.1 Å². The highest BCUT2D eigenvalue weighted by Gasteiger charge is 2.33. The largest absolute Gasteiger partial charge is 0.500 e. The molecular weight excluding hydrogens is 322 g/mol. The molecule has 0 radical (unpaired) electrons. The summed E-state index contributed by atoms with van der Waals surface area (Å²) in [4.78, 5) is 16.6. The second-order valence-electron chi connectivity index (χ2n) is 7.65. The first-order chi connectivity index (χ1) is 11.8. The van der Waals surface area contributed by atoms with Crippen LogP contribution >= 0.6 is 0 Å². The average Bonchev–Trinajstić information content (AvgIpc) is 2.54. The lowest BCUT2D eigenvalue weighted by Gasteiger charge is -2.42. The van der Waals surface area contributed by atoms with Gasteiger partial charge in [-0.2, -0.15) is 0 Å². The molecule has 2 fully saturated rings. The normalized spacial score (nSPS) is 26.7. The number of carbonyl (C=O) groups excluding carboxylic acids is 1. The van der Waals surface area contributed by atoms with E-state index in [9.17, 15) is 4.79 Å². The van der Waals surface area contributed by atoms with E-state index in [4.69, 9.17) is 14.2 Å². The van der Waals surface area contributed by atoms with Crippen molar-refractivity contribution in [1.29, 1.82) is 0 Å². The second kappa shape index (κ2) is 8.76. The van der Waals surface area contributed by atoms with Crippen LogP contribution in [0.25, 0.3) is 0 Å². The highest BCUT2D eigenvalue weighted by Crippen LogP contribution is 2.17. The van der Waals surface area contributed by atoms with Gasteiger partial charge in [0, 0.05) is 38.3 Å². The molecule has 2 aliphatic rings. The highest BCUT2D eigenvalue weighted by atomic mass is 16.6. The zero-order chi connectivity index (χ0) is 18.4. The number of hydrogen-bond donors (Lipinski definition) is 1. The Bertz CT molecular complexity index is 475. The molecule has 0 aromatic carbocycles. The molecule has 7 heteroatoms. The topological polar surface area (TPSA) is 63.3 Å². The van der Waals surface area contributed by atoms with Gasteiger partial charge in [-0.05, 0) is 34.6 Å². The Morgan fingerprint density at radius 3 is 2.88 bits per heavy atom. The van der Waals surface area contributed by atoms with Gasteiger partial charge in [-0.3, -0.25) is 0 Å². The van der Waals surface area contributed by atoms with Crippen LogP contribution in [0.5, 0.6) is 0 Å². The smallest absolute Gasteiger partial charge is 0.410 e. The number of rotatable bonds is 4. The summed E-state index contributed by atoms with van der Waals surface area (Å²) < 4.78 is 16.5. The van der Waals surface area contributed by atoms with Gasteiger partial charge < -0.3 is 29.3 Å². The Hall–Kier alpha value is -1.47. The lowest BCUT2D eigenvalue weighted by Crippen LogP contribution is -2.61. The van der Waals surface area contributed by atoms with Gasteiger partial charge in [0.05, 0.1) is 25.5 Å². The lowest BCUT2D eigenvalue weighted by molar-refractivity contribution is 0.00585. The maximum atomic E-state index is 12.5. The molecule has 1 amide bonds. The summed E-state index contributed by atoms with van der Waals surface area (Å²) in [6.45, 7) is 14.7. The predicted molar refractivity (Wildman–Crippen MR) is 96.3 cm³/mol. The first-order valence-corrected chi connectivity index (χ1v) is 9.16. The molecule has 144 valence electrons. The van der Waals surface area contributed by atoms with Crippen molar-refractivity contribution in [2.24, 2.45) is 0 Å². The number of piperazine rings is 1. The van der Waals surface area contributed by atoms with E-state index in [-0.39, 0.29) is 18.2 Å². The summed E-state index contributed by atoms with van der Waals surface area (Å²) in [5, 5.41) is 3.54. The van der Waals surface area contributed by atoms with Crippen LogP contribution in [-0.4, -0.2) is 79.6 Å². The molecule has 1 N–H and O–H groups in total.